The molecule has 0 fully saturated rings. The summed E-state index contributed by atoms with van der Waals surface area (Å²) in [5.74, 6) is 1.84. The van der Waals surface area contributed by atoms with Gasteiger partial charge < -0.3 is 9.64 Å². The van der Waals surface area contributed by atoms with Gasteiger partial charge in [0.2, 0.25) is 0 Å². The molecular formula is C42H29NO. The van der Waals surface area contributed by atoms with Crippen LogP contribution in [0.4, 0.5) is 17.1 Å². The van der Waals surface area contributed by atoms with Gasteiger partial charge in [0, 0.05) is 33.6 Å². The van der Waals surface area contributed by atoms with E-state index in [4.69, 9.17) is 4.74 Å². The molecule has 208 valence electrons. The Bertz CT molecular complexity index is 2230. The molecule has 2 aliphatic rings. The first-order valence-electron chi connectivity index (χ1n) is 15.2. The second-order valence-corrected chi connectivity index (χ2v) is 11.7. The van der Waals surface area contributed by atoms with Gasteiger partial charge in [-0.3, -0.25) is 0 Å². The van der Waals surface area contributed by atoms with Crippen molar-refractivity contribution in [2.24, 2.45) is 0 Å². The third kappa shape index (κ3) is 3.37. The summed E-state index contributed by atoms with van der Waals surface area (Å²) in [5.41, 5.74) is 11.6. The van der Waals surface area contributed by atoms with Gasteiger partial charge in [-0.1, -0.05) is 121 Å². The van der Waals surface area contributed by atoms with E-state index in [1.54, 1.807) is 0 Å². The van der Waals surface area contributed by atoms with E-state index in [0.29, 0.717) is 0 Å². The minimum Gasteiger partial charge on any atom is -0.456 e. The summed E-state index contributed by atoms with van der Waals surface area (Å²) < 4.78 is 6.83. The molecule has 0 N–H and O–H groups in total. The zero-order chi connectivity index (χ0) is 29.3. The first kappa shape index (κ1) is 24.9. The SMILES string of the molecule is Cc1ccccc1N(c1ccccc1)c1ccc2c(c1)C1(c3ccccc3Oc3c1ccc1ccccc31)c1ccccc1-2. The number of ether oxygens (including phenoxy) is 1. The van der Waals surface area contributed by atoms with Crippen LogP contribution in [-0.4, -0.2) is 0 Å². The third-order valence-corrected chi connectivity index (χ3v) is 9.44. The number of fused-ring (bicyclic) bond motifs is 11. The molecule has 7 aromatic carbocycles. The van der Waals surface area contributed by atoms with Crippen molar-refractivity contribution in [1.29, 1.82) is 0 Å². The standard InChI is InChI=1S/C42H29NO/c1-28-13-5-11-21-39(28)43(30-15-3-2-4-16-30)31-24-25-34-33-18-8-9-19-35(33)42(38(34)27-31)36-20-10-12-22-40(36)44-41-32-17-7-6-14-29(32)23-26-37(41)42/h2-27H,1H3. The van der Waals surface area contributed by atoms with E-state index in [2.05, 4.69) is 170 Å². The van der Waals surface area contributed by atoms with Crippen molar-refractivity contribution < 1.29 is 4.74 Å². The highest BCUT2D eigenvalue weighted by atomic mass is 16.5. The quantitative estimate of drug-likeness (QED) is 0.212. The van der Waals surface area contributed by atoms with Crippen molar-refractivity contribution in [3.8, 4) is 22.6 Å². The van der Waals surface area contributed by atoms with Crippen molar-refractivity contribution in [3.05, 3.63) is 186 Å². The van der Waals surface area contributed by atoms with Crippen LogP contribution >= 0.6 is 0 Å². The average Bonchev–Trinajstić information content (AvgIpc) is 3.36. The van der Waals surface area contributed by atoms with Gasteiger partial charge in [0.15, 0.2) is 0 Å². The highest BCUT2D eigenvalue weighted by Gasteiger charge is 2.51. The summed E-state index contributed by atoms with van der Waals surface area (Å²) in [6.07, 6.45) is 0. The third-order valence-electron chi connectivity index (χ3n) is 9.44. The van der Waals surface area contributed by atoms with Crippen LogP contribution in [0.25, 0.3) is 21.9 Å². The molecule has 1 spiro atoms. The van der Waals surface area contributed by atoms with Gasteiger partial charge in [0.05, 0.1) is 5.41 Å². The molecule has 0 radical (unpaired) electrons. The van der Waals surface area contributed by atoms with Gasteiger partial charge in [-0.25, -0.2) is 0 Å². The monoisotopic (exact) mass is 563 g/mol. The molecule has 44 heavy (non-hydrogen) atoms. The summed E-state index contributed by atoms with van der Waals surface area (Å²) in [5, 5.41) is 2.31. The van der Waals surface area contributed by atoms with Crippen LogP contribution in [0.5, 0.6) is 11.5 Å². The van der Waals surface area contributed by atoms with Crippen LogP contribution in [0, 0.1) is 6.92 Å². The predicted octanol–water partition coefficient (Wildman–Crippen LogP) is 11.1. The lowest BCUT2D eigenvalue weighted by molar-refractivity contribution is 0.441. The molecule has 0 saturated carbocycles. The molecule has 9 rings (SSSR count). The van der Waals surface area contributed by atoms with Crippen molar-refractivity contribution >= 4 is 27.8 Å². The average molecular weight is 564 g/mol. The lowest BCUT2D eigenvalue weighted by Gasteiger charge is -2.40. The van der Waals surface area contributed by atoms with Gasteiger partial charge in [-0.15, -0.1) is 0 Å². The molecule has 1 heterocycles. The van der Waals surface area contributed by atoms with E-state index in [-0.39, 0.29) is 0 Å². The van der Waals surface area contributed by atoms with Gasteiger partial charge in [-0.2, -0.15) is 0 Å². The van der Waals surface area contributed by atoms with Crippen molar-refractivity contribution in [2.45, 2.75) is 12.3 Å². The van der Waals surface area contributed by atoms with E-state index in [0.717, 1.165) is 28.3 Å². The van der Waals surface area contributed by atoms with Gasteiger partial charge >= 0.3 is 0 Å². The normalized spacial score (nSPS) is 15.7. The largest absolute Gasteiger partial charge is 0.456 e. The molecule has 2 nitrogen and oxygen atoms in total. The first-order valence-corrected chi connectivity index (χ1v) is 15.2. The lowest BCUT2D eigenvalue weighted by atomic mass is 9.65. The van der Waals surface area contributed by atoms with Crippen LogP contribution in [0.3, 0.4) is 0 Å². The Morgan fingerprint density at radius 1 is 0.500 bits per heavy atom. The Hall–Kier alpha value is -5.60. The van der Waals surface area contributed by atoms with Crippen molar-refractivity contribution in [3.63, 3.8) is 0 Å². The van der Waals surface area contributed by atoms with E-state index in [1.165, 1.54) is 50.0 Å². The fourth-order valence-electron chi connectivity index (χ4n) is 7.57. The summed E-state index contributed by atoms with van der Waals surface area (Å²) in [4.78, 5) is 2.39. The zero-order valence-corrected chi connectivity index (χ0v) is 24.4. The van der Waals surface area contributed by atoms with E-state index in [1.807, 2.05) is 0 Å². The number of rotatable bonds is 3. The molecule has 2 heteroatoms. The molecular weight excluding hydrogens is 534 g/mol. The van der Waals surface area contributed by atoms with E-state index < -0.39 is 5.41 Å². The van der Waals surface area contributed by atoms with Gasteiger partial charge in [0.25, 0.3) is 0 Å². The number of hydrogen-bond acceptors (Lipinski definition) is 2. The van der Waals surface area contributed by atoms with Crippen LogP contribution in [0.15, 0.2) is 158 Å². The molecule has 1 atom stereocenters. The summed E-state index contributed by atoms with van der Waals surface area (Å²) in [6, 6.07) is 57.0. The molecule has 0 amide bonds. The van der Waals surface area contributed by atoms with Crippen LogP contribution in [0.2, 0.25) is 0 Å². The van der Waals surface area contributed by atoms with Crippen LogP contribution < -0.4 is 9.64 Å². The smallest absolute Gasteiger partial charge is 0.140 e. The fraction of sp³-hybridized carbons (Fsp3) is 0.0476. The molecule has 1 aliphatic heterocycles. The molecule has 0 aromatic heterocycles. The molecule has 1 unspecified atom stereocenters. The highest BCUT2D eigenvalue weighted by Crippen LogP contribution is 2.63. The Kier molecular flexibility index (Phi) is 5.36. The molecule has 0 bridgehead atoms. The second kappa shape index (κ2) is 9.45. The Balaban J connectivity index is 1.40. The Morgan fingerprint density at radius 3 is 2.09 bits per heavy atom. The number of anilines is 3. The highest BCUT2D eigenvalue weighted by molar-refractivity contribution is 5.96. The van der Waals surface area contributed by atoms with Gasteiger partial charge in [-0.05, 0) is 76.5 Å². The maximum absolute atomic E-state index is 6.83. The molecule has 0 saturated heterocycles. The molecule has 7 aromatic rings. The van der Waals surface area contributed by atoms with E-state index >= 15 is 0 Å². The number of benzene rings is 7. The number of aryl methyl sites for hydroxylation is 1. The number of para-hydroxylation sites is 3. The number of hydrogen-bond donors (Lipinski definition) is 0. The fourth-order valence-corrected chi connectivity index (χ4v) is 7.57. The topological polar surface area (TPSA) is 12.5 Å². The maximum atomic E-state index is 6.83. The first-order chi connectivity index (χ1) is 21.7. The van der Waals surface area contributed by atoms with Crippen LogP contribution in [-0.2, 0) is 5.41 Å². The summed E-state index contributed by atoms with van der Waals surface area (Å²) in [6.45, 7) is 2.19. The van der Waals surface area contributed by atoms with Crippen LogP contribution in [0.1, 0.15) is 27.8 Å². The minimum atomic E-state index is -0.537. The summed E-state index contributed by atoms with van der Waals surface area (Å²) >= 11 is 0. The summed E-state index contributed by atoms with van der Waals surface area (Å²) in [7, 11) is 0. The maximum Gasteiger partial charge on any atom is 0.140 e. The minimum absolute atomic E-state index is 0.537. The Labute approximate surface area is 257 Å². The van der Waals surface area contributed by atoms with E-state index in [9.17, 15) is 0 Å². The molecule has 1 aliphatic carbocycles. The predicted molar refractivity (Wildman–Crippen MR) is 181 cm³/mol. The number of nitrogens with zero attached hydrogens (tertiary/aromatic N) is 1. The lowest BCUT2D eigenvalue weighted by Crippen LogP contribution is -2.32. The van der Waals surface area contributed by atoms with Crippen molar-refractivity contribution in [1.82, 2.24) is 0 Å². The second-order valence-electron chi connectivity index (χ2n) is 11.7. The van der Waals surface area contributed by atoms with Crippen molar-refractivity contribution in [2.75, 3.05) is 4.90 Å². The zero-order valence-electron chi connectivity index (χ0n) is 24.4. The van der Waals surface area contributed by atoms with Gasteiger partial charge in [0.1, 0.15) is 11.5 Å². The Morgan fingerprint density at radius 2 is 1.20 bits per heavy atom.